The Morgan fingerprint density at radius 2 is 1.92 bits per heavy atom. The smallest absolute Gasteiger partial charge is 0.319 e. The molecule has 3 rings (SSSR count). The van der Waals surface area contributed by atoms with Crippen molar-refractivity contribution >= 4 is 46.7 Å². The third kappa shape index (κ3) is 9.09. The van der Waals surface area contributed by atoms with Crippen LogP contribution in [0.3, 0.4) is 0 Å². The molecule has 0 bridgehead atoms. The second-order valence-corrected chi connectivity index (χ2v) is 11.2. The second kappa shape index (κ2) is 14.6. The van der Waals surface area contributed by atoms with Gasteiger partial charge in [-0.25, -0.2) is 4.72 Å². The van der Waals surface area contributed by atoms with Crippen molar-refractivity contribution in [2.24, 2.45) is 5.73 Å². The van der Waals surface area contributed by atoms with Gasteiger partial charge in [-0.15, -0.1) is 11.3 Å². The number of nitrogens with one attached hydrogen (secondary N) is 2. The van der Waals surface area contributed by atoms with E-state index in [2.05, 4.69) is 53.6 Å². The largest absolute Gasteiger partial charge is 0.464 e. The molecule has 0 amide bonds. The highest BCUT2D eigenvalue weighted by Crippen LogP contribution is 2.38. The third-order valence-electron chi connectivity index (χ3n) is 4.84. The number of carbonyl (C=O) groups is 1. The Kier molecular flexibility index (Phi) is 12.2. The van der Waals surface area contributed by atoms with Crippen molar-refractivity contribution in [3.05, 3.63) is 58.7 Å². The van der Waals surface area contributed by atoms with Gasteiger partial charge in [0, 0.05) is 51.6 Å². The van der Waals surface area contributed by atoms with Crippen LogP contribution in [0.2, 0.25) is 5.02 Å². The first kappa shape index (κ1) is 30.1. The number of halogens is 1. The number of nitrogens with zero attached hydrogens (tertiary/aromatic N) is 1. The summed E-state index contributed by atoms with van der Waals surface area (Å²) in [6.45, 7) is 12.5. The summed E-state index contributed by atoms with van der Waals surface area (Å²) < 4.78 is 11.7. The summed E-state index contributed by atoms with van der Waals surface area (Å²) in [6.07, 6.45) is 3.03. The number of ether oxygens (including phenoxy) is 1. The fourth-order valence-corrected chi connectivity index (χ4v) is 4.82. The molecule has 36 heavy (non-hydrogen) atoms. The van der Waals surface area contributed by atoms with E-state index in [4.69, 9.17) is 22.1 Å². The van der Waals surface area contributed by atoms with Gasteiger partial charge in [0.1, 0.15) is 6.61 Å². The van der Waals surface area contributed by atoms with E-state index in [-0.39, 0.29) is 13.2 Å². The van der Waals surface area contributed by atoms with Gasteiger partial charge in [0.05, 0.1) is 11.6 Å². The van der Waals surface area contributed by atoms with Gasteiger partial charge in [-0.1, -0.05) is 45.7 Å². The predicted octanol–water partition coefficient (Wildman–Crippen LogP) is 7.30. The summed E-state index contributed by atoms with van der Waals surface area (Å²) in [5.74, 6) is -0.422. The SMILES string of the molecule is CC(C)NSNc1ccc(-c2cc(-c3ccnc(C(C)(C)COC(=O)CN)c3)cs2)c(Cl)c1.CCC. The molecule has 2 heterocycles. The topological polar surface area (TPSA) is 89.3 Å². The summed E-state index contributed by atoms with van der Waals surface area (Å²) in [7, 11) is 0. The van der Waals surface area contributed by atoms with Crippen molar-refractivity contribution in [1.29, 1.82) is 0 Å². The zero-order valence-electron chi connectivity index (χ0n) is 21.9. The summed E-state index contributed by atoms with van der Waals surface area (Å²) in [4.78, 5) is 17.1. The van der Waals surface area contributed by atoms with Gasteiger partial charge in [-0.05, 0) is 66.8 Å². The third-order valence-corrected chi connectivity index (χ3v) is 7.05. The summed E-state index contributed by atoms with van der Waals surface area (Å²) >= 11 is 9.68. The molecule has 0 saturated heterocycles. The summed E-state index contributed by atoms with van der Waals surface area (Å²) in [6, 6.07) is 12.5. The fourth-order valence-electron chi connectivity index (χ4n) is 2.99. The van der Waals surface area contributed by atoms with Gasteiger partial charge in [0.15, 0.2) is 0 Å². The predicted molar refractivity (Wildman–Crippen MR) is 156 cm³/mol. The number of aromatic nitrogens is 1. The van der Waals surface area contributed by atoms with Crippen molar-refractivity contribution in [2.45, 2.75) is 59.4 Å². The molecule has 0 aliphatic rings. The standard InChI is InChI=1S/C24H29ClN4O2S2.C3H8/c1-15(2)28-33-29-18-5-6-19(20(25)11-18)21-9-17(13-32-21)16-7-8-27-22(10-16)24(3,4)14-31-23(30)12-26;1-3-2/h5-11,13,15,28-29H,12,14,26H2,1-4H3;3H2,1-2H3. The van der Waals surface area contributed by atoms with Crippen LogP contribution in [0.15, 0.2) is 48.0 Å². The molecule has 9 heteroatoms. The lowest BCUT2D eigenvalue weighted by molar-refractivity contribution is -0.143. The van der Waals surface area contributed by atoms with Crippen molar-refractivity contribution < 1.29 is 9.53 Å². The molecule has 4 N–H and O–H groups in total. The van der Waals surface area contributed by atoms with E-state index < -0.39 is 11.4 Å². The normalized spacial score (nSPS) is 11.1. The number of carbonyl (C=O) groups excluding carboxylic acids is 1. The molecule has 0 fully saturated rings. The Balaban J connectivity index is 0.00000145. The highest BCUT2D eigenvalue weighted by molar-refractivity contribution is 7.98. The zero-order chi connectivity index (χ0) is 26.7. The minimum absolute atomic E-state index is 0.130. The van der Waals surface area contributed by atoms with Crippen molar-refractivity contribution in [3.63, 3.8) is 0 Å². The van der Waals surface area contributed by atoms with Gasteiger partial charge < -0.3 is 15.2 Å². The molecule has 1 aromatic carbocycles. The Morgan fingerprint density at radius 3 is 2.56 bits per heavy atom. The number of nitrogens with two attached hydrogens (primary N) is 1. The number of hydrogen-bond acceptors (Lipinski definition) is 8. The van der Waals surface area contributed by atoms with E-state index in [0.29, 0.717) is 11.1 Å². The van der Waals surface area contributed by atoms with Crippen LogP contribution in [0, 0.1) is 0 Å². The Labute approximate surface area is 228 Å². The maximum absolute atomic E-state index is 11.5. The van der Waals surface area contributed by atoms with E-state index in [1.807, 2.05) is 44.2 Å². The van der Waals surface area contributed by atoms with Gasteiger partial charge in [0.2, 0.25) is 0 Å². The van der Waals surface area contributed by atoms with Gasteiger partial charge in [-0.3, -0.25) is 9.78 Å². The van der Waals surface area contributed by atoms with Crippen LogP contribution >= 0.6 is 35.1 Å². The first-order chi connectivity index (χ1) is 17.1. The number of thiophene rings is 1. The molecule has 196 valence electrons. The average Bonchev–Trinajstić information content (AvgIpc) is 3.33. The minimum Gasteiger partial charge on any atom is -0.464 e. The molecule has 0 aliphatic carbocycles. The Morgan fingerprint density at radius 1 is 1.19 bits per heavy atom. The maximum Gasteiger partial charge on any atom is 0.319 e. The summed E-state index contributed by atoms with van der Waals surface area (Å²) in [5.41, 5.74) is 9.81. The molecule has 0 unspecified atom stereocenters. The van der Waals surface area contributed by atoms with Crippen LogP contribution in [0.1, 0.15) is 53.7 Å². The van der Waals surface area contributed by atoms with Gasteiger partial charge in [-0.2, -0.15) is 0 Å². The number of rotatable bonds is 10. The van der Waals surface area contributed by atoms with E-state index in [9.17, 15) is 4.79 Å². The number of pyridine rings is 1. The quantitative estimate of drug-likeness (QED) is 0.181. The maximum atomic E-state index is 11.5. The van der Waals surface area contributed by atoms with Crippen LogP contribution < -0.4 is 15.2 Å². The van der Waals surface area contributed by atoms with E-state index >= 15 is 0 Å². The molecule has 0 radical (unpaired) electrons. The summed E-state index contributed by atoms with van der Waals surface area (Å²) in [5, 5.41) is 2.80. The second-order valence-electron chi connectivity index (χ2n) is 9.26. The number of hydrogen-bond donors (Lipinski definition) is 3. The van der Waals surface area contributed by atoms with Crippen molar-refractivity contribution in [1.82, 2.24) is 9.71 Å². The first-order valence-corrected chi connectivity index (χ1v) is 14.1. The van der Waals surface area contributed by atoms with Crippen LogP contribution in [0.25, 0.3) is 21.6 Å². The van der Waals surface area contributed by atoms with Crippen LogP contribution in [-0.2, 0) is 14.9 Å². The van der Waals surface area contributed by atoms with E-state index in [1.165, 1.54) is 18.6 Å². The lowest BCUT2D eigenvalue weighted by Gasteiger charge is -2.24. The van der Waals surface area contributed by atoms with Crippen molar-refractivity contribution in [3.8, 4) is 21.6 Å². The minimum atomic E-state index is -0.436. The van der Waals surface area contributed by atoms with Gasteiger partial charge >= 0.3 is 5.97 Å². The van der Waals surface area contributed by atoms with Gasteiger partial charge in [0.25, 0.3) is 0 Å². The molecular formula is C27H37ClN4O2S2. The zero-order valence-corrected chi connectivity index (χ0v) is 24.2. The Hall–Kier alpha value is -2.10. The van der Waals surface area contributed by atoms with E-state index in [0.717, 1.165) is 32.9 Å². The van der Waals surface area contributed by atoms with Crippen molar-refractivity contribution in [2.75, 3.05) is 17.9 Å². The first-order valence-electron chi connectivity index (χ1n) is 12.0. The van der Waals surface area contributed by atoms with E-state index in [1.54, 1.807) is 17.5 Å². The number of esters is 1. The molecule has 0 saturated carbocycles. The highest BCUT2D eigenvalue weighted by atomic mass is 35.5. The van der Waals surface area contributed by atoms with Crippen LogP contribution in [0.5, 0.6) is 0 Å². The lowest BCUT2D eigenvalue weighted by atomic mass is 9.88. The molecule has 0 aliphatic heterocycles. The number of anilines is 1. The average molecular weight is 549 g/mol. The van der Waals surface area contributed by atoms with Crippen LogP contribution in [0.4, 0.5) is 5.69 Å². The van der Waals surface area contributed by atoms with Crippen LogP contribution in [-0.4, -0.2) is 30.1 Å². The molecule has 0 atom stereocenters. The molecule has 0 spiro atoms. The molecular weight excluding hydrogens is 512 g/mol. The monoisotopic (exact) mass is 548 g/mol. The molecule has 6 nitrogen and oxygen atoms in total. The highest BCUT2D eigenvalue weighted by Gasteiger charge is 2.25. The Bertz CT molecular complexity index is 1120. The molecule has 2 aromatic heterocycles. The fraction of sp³-hybridized carbons (Fsp3) is 0.407. The lowest BCUT2D eigenvalue weighted by Crippen LogP contribution is -2.29. The number of benzene rings is 1. The molecule has 3 aromatic rings.